The standard InChI is InChI=1S/C17H9Cl2N3O2S/c18-10-4-5-13-11(6-10)16(23)9(8-24-13)7-20-22-17-21-15-12(19)2-1-3-14(15)25-17/h1-8H,(H,21,22)/b20-7-. The summed E-state index contributed by atoms with van der Waals surface area (Å²) in [4.78, 5) is 16.8. The number of para-hydroxylation sites is 1. The molecule has 0 aliphatic rings. The molecule has 0 unspecified atom stereocenters. The lowest BCUT2D eigenvalue weighted by atomic mass is 10.2. The lowest BCUT2D eigenvalue weighted by Crippen LogP contribution is -2.08. The van der Waals surface area contributed by atoms with Crippen LogP contribution >= 0.6 is 34.5 Å². The number of aromatic nitrogens is 1. The largest absolute Gasteiger partial charge is 0.463 e. The van der Waals surface area contributed by atoms with E-state index in [2.05, 4.69) is 15.5 Å². The number of nitrogens with zero attached hydrogens (tertiary/aromatic N) is 2. The second-order valence-electron chi connectivity index (χ2n) is 5.14. The molecule has 0 saturated heterocycles. The summed E-state index contributed by atoms with van der Waals surface area (Å²) in [5, 5.41) is 6.10. The van der Waals surface area contributed by atoms with Crippen molar-refractivity contribution in [3.05, 3.63) is 68.5 Å². The number of nitrogens with one attached hydrogen (secondary N) is 1. The SMILES string of the molecule is O=c1c(/C=N\Nc2nc3c(Cl)cccc3s2)coc2ccc(Cl)cc12. The summed E-state index contributed by atoms with van der Waals surface area (Å²) in [5.41, 5.74) is 4.10. The quantitative estimate of drug-likeness (QED) is 0.388. The first kappa shape index (κ1) is 16.1. The molecule has 1 N–H and O–H groups in total. The summed E-state index contributed by atoms with van der Waals surface area (Å²) in [6.07, 6.45) is 2.75. The highest BCUT2D eigenvalue weighted by Crippen LogP contribution is 2.30. The van der Waals surface area contributed by atoms with Gasteiger partial charge in [0.1, 0.15) is 17.4 Å². The number of hydrogen-bond donors (Lipinski definition) is 1. The Morgan fingerprint density at radius 3 is 2.96 bits per heavy atom. The summed E-state index contributed by atoms with van der Waals surface area (Å²) in [6, 6.07) is 10.5. The average molecular weight is 390 g/mol. The van der Waals surface area contributed by atoms with Crippen LogP contribution in [-0.4, -0.2) is 11.2 Å². The molecule has 0 amide bonds. The van der Waals surface area contributed by atoms with E-state index in [0.717, 1.165) is 4.70 Å². The highest BCUT2D eigenvalue weighted by molar-refractivity contribution is 7.22. The van der Waals surface area contributed by atoms with E-state index in [1.165, 1.54) is 23.8 Å². The Bertz CT molecular complexity index is 1180. The fourth-order valence-electron chi connectivity index (χ4n) is 2.33. The molecule has 5 nitrogen and oxygen atoms in total. The zero-order chi connectivity index (χ0) is 17.4. The molecular formula is C17H9Cl2N3O2S. The van der Waals surface area contributed by atoms with Gasteiger partial charge in [-0.05, 0) is 30.3 Å². The lowest BCUT2D eigenvalue weighted by molar-refractivity contribution is 0.601. The van der Waals surface area contributed by atoms with Crippen LogP contribution in [-0.2, 0) is 0 Å². The van der Waals surface area contributed by atoms with E-state index in [0.29, 0.717) is 37.2 Å². The van der Waals surface area contributed by atoms with Gasteiger partial charge in [-0.25, -0.2) is 4.98 Å². The van der Waals surface area contributed by atoms with Gasteiger partial charge in [0.25, 0.3) is 0 Å². The zero-order valence-corrected chi connectivity index (χ0v) is 14.8. The lowest BCUT2D eigenvalue weighted by Gasteiger charge is -1.99. The van der Waals surface area contributed by atoms with E-state index in [4.69, 9.17) is 27.6 Å². The first-order chi connectivity index (χ1) is 12.1. The van der Waals surface area contributed by atoms with Gasteiger partial charge in [-0.2, -0.15) is 5.10 Å². The Kier molecular flexibility index (Phi) is 4.17. The van der Waals surface area contributed by atoms with Gasteiger partial charge < -0.3 is 4.42 Å². The molecule has 2 heterocycles. The maximum absolute atomic E-state index is 12.4. The molecule has 4 rings (SSSR count). The van der Waals surface area contributed by atoms with Gasteiger partial charge >= 0.3 is 0 Å². The van der Waals surface area contributed by atoms with Crippen molar-refractivity contribution in [3.8, 4) is 0 Å². The molecular weight excluding hydrogens is 381 g/mol. The number of hydrogen-bond acceptors (Lipinski definition) is 6. The van der Waals surface area contributed by atoms with Crippen molar-refractivity contribution < 1.29 is 4.42 Å². The molecule has 2 aromatic carbocycles. The summed E-state index contributed by atoms with van der Waals surface area (Å²) in [7, 11) is 0. The van der Waals surface area contributed by atoms with Gasteiger partial charge in [0, 0.05) is 5.02 Å². The predicted octanol–water partition coefficient (Wildman–Crippen LogP) is 5.16. The van der Waals surface area contributed by atoms with Crippen molar-refractivity contribution in [2.24, 2.45) is 5.10 Å². The molecule has 8 heteroatoms. The smallest absolute Gasteiger partial charge is 0.204 e. The van der Waals surface area contributed by atoms with Crippen molar-refractivity contribution in [1.29, 1.82) is 0 Å². The van der Waals surface area contributed by atoms with E-state index >= 15 is 0 Å². The third-order valence-electron chi connectivity index (χ3n) is 3.49. The fourth-order valence-corrected chi connectivity index (χ4v) is 3.61. The van der Waals surface area contributed by atoms with Gasteiger partial charge in [0.15, 0.2) is 0 Å². The maximum atomic E-state index is 12.4. The number of fused-ring (bicyclic) bond motifs is 2. The minimum absolute atomic E-state index is 0.207. The van der Waals surface area contributed by atoms with Crippen LogP contribution in [0.25, 0.3) is 21.2 Å². The van der Waals surface area contributed by atoms with E-state index in [-0.39, 0.29) is 5.43 Å². The fraction of sp³-hybridized carbons (Fsp3) is 0. The van der Waals surface area contributed by atoms with E-state index in [1.54, 1.807) is 24.3 Å². The van der Waals surface area contributed by atoms with Crippen molar-refractivity contribution >= 4 is 67.1 Å². The molecule has 0 aliphatic carbocycles. The van der Waals surface area contributed by atoms with Crippen molar-refractivity contribution in [2.45, 2.75) is 0 Å². The Hall–Kier alpha value is -2.41. The van der Waals surface area contributed by atoms with Gasteiger partial charge in [-0.1, -0.05) is 40.6 Å². The number of rotatable bonds is 3. The van der Waals surface area contributed by atoms with Crippen molar-refractivity contribution in [1.82, 2.24) is 4.98 Å². The Morgan fingerprint density at radius 1 is 1.24 bits per heavy atom. The number of anilines is 1. The van der Waals surface area contributed by atoms with Crippen molar-refractivity contribution in [3.63, 3.8) is 0 Å². The molecule has 0 spiro atoms. The number of benzene rings is 2. The van der Waals surface area contributed by atoms with Crippen LogP contribution in [0.4, 0.5) is 5.13 Å². The molecule has 0 atom stereocenters. The summed E-state index contributed by atoms with van der Waals surface area (Å²) in [6.45, 7) is 0. The van der Waals surface area contributed by atoms with E-state index in [9.17, 15) is 4.79 Å². The van der Waals surface area contributed by atoms with Gasteiger partial charge in [0.05, 0.1) is 26.9 Å². The first-order valence-corrected chi connectivity index (χ1v) is 8.74. The topological polar surface area (TPSA) is 67.5 Å². The van der Waals surface area contributed by atoms with Crippen LogP contribution in [0.3, 0.4) is 0 Å². The van der Waals surface area contributed by atoms with Crippen LogP contribution in [0.5, 0.6) is 0 Å². The summed E-state index contributed by atoms with van der Waals surface area (Å²) < 4.78 is 6.39. The highest BCUT2D eigenvalue weighted by Gasteiger charge is 2.07. The first-order valence-electron chi connectivity index (χ1n) is 7.17. The van der Waals surface area contributed by atoms with E-state index in [1.807, 2.05) is 12.1 Å². The second kappa shape index (κ2) is 6.48. The minimum atomic E-state index is -0.207. The second-order valence-corrected chi connectivity index (χ2v) is 7.01. The van der Waals surface area contributed by atoms with Gasteiger partial charge in [-0.15, -0.1) is 0 Å². The molecule has 124 valence electrons. The third-order valence-corrected chi connectivity index (χ3v) is 4.96. The molecule has 0 bridgehead atoms. The highest BCUT2D eigenvalue weighted by atomic mass is 35.5. The molecule has 0 radical (unpaired) electrons. The van der Waals surface area contributed by atoms with Crippen LogP contribution in [0.1, 0.15) is 5.56 Å². The molecule has 2 aromatic heterocycles. The monoisotopic (exact) mass is 389 g/mol. The summed E-state index contributed by atoms with van der Waals surface area (Å²) >= 11 is 13.5. The Balaban J connectivity index is 1.63. The van der Waals surface area contributed by atoms with Gasteiger partial charge in [0.2, 0.25) is 10.6 Å². The van der Waals surface area contributed by atoms with E-state index < -0.39 is 0 Å². The number of hydrazone groups is 1. The third kappa shape index (κ3) is 3.11. The molecule has 25 heavy (non-hydrogen) atoms. The minimum Gasteiger partial charge on any atom is -0.463 e. The van der Waals surface area contributed by atoms with Crippen LogP contribution in [0.2, 0.25) is 10.0 Å². The normalized spacial score (nSPS) is 11.6. The predicted molar refractivity (Wildman–Crippen MR) is 103 cm³/mol. The summed E-state index contributed by atoms with van der Waals surface area (Å²) in [5.74, 6) is 0. The number of halogens is 2. The maximum Gasteiger partial charge on any atom is 0.204 e. The molecule has 0 fully saturated rings. The van der Waals surface area contributed by atoms with Crippen LogP contribution in [0, 0.1) is 0 Å². The zero-order valence-electron chi connectivity index (χ0n) is 12.5. The molecule has 4 aromatic rings. The Morgan fingerprint density at radius 2 is 2.12 bits per heavy atom. The molecule has 0 saturated carbocycles. The molecule has 0 aliphatic heterocycles. The van der Waals surface area contributed by atoms with Gasteiger partial charge in [-0.3, -0.25) is 10.2 Å². The van der Waals surface area contributed by atoms with Crippen LogP contribution < -0.4 is 10.9 Å². The average Bonchev–Trinajstić information content (AvgIpc) is 3.02. The number of thiazole rings is 1. The van der Waals surface area contributed by atoms with Crippen molar-refractivity contribution in [2.75, 3.05) is 5.43 Å². The van der Waals surface area contributed by atoms with Crippen LogP contribution in [0.15, 0.2) is 57.0 Å². The Labute approximate surface area is 155 Å².